The molecule has 1 unspecified atom stereocenters. The first-order valence-corrected chi connectivity index (χ1v) is 5.90. The zero-order valence-electron chi connectivity index (χ0n) is 10.5. The Hall–Kier alpha value is -1.14. The molecule has 17 heavy (non-hydrogen) atoms. The topological polar surface area (TPSA) is 70.7 Å². The Labute approximate surface area is 102 Å². The Kier molecular flexibility index (Phi) is 5.93. The summed E-state index contributed by atoms with van der Waals surface area (Å²) in [4.78, 5) is 24.9. The van der Waals surface area contributed by atoms with E-state index in [4.69, 9.17) is 4.74 Å². The number of rotatable bonds is 7. The first-order chi connectivity index (χ1) is 8.19. The molecule has 0 aromatic heterocycles. The van der Waals surface area contributed by atoms with Crippen molar-refractivity contribution in [1.29, 1.82) is 0 Å². The van der Waals surface area contributed by atoms with Crippen LogP contribution in [-0.4, -0.2) is 63.2 Å². The lowest BCUT2D eigenvalue weighted by atomic mass is 10.2. The fourth-order valence-electron chi connectivity index (χ4n) is 1.85. The number of nitrogens with one attached hydrogen (secondary N) is 2. The minimum Gasteiger partial charge on any atom is -0.383 e. The molecule has 0 bridgehead atoms. The molecule has 1 heterocycles. The Morgan fingerprint density at radius 1 is 1.59 bits per heavy atom. The molecule has 2 amide bonds. The van der Waals surface area contributed by atoms with E-state index in [0.717, 1.165) is 13.0 Å². The molecule has 0 radical (unpaired) electrons. The Morgan fingerprint density at radius 3 is 2.94 bits per heavy atom. The molecule has 0 aromatic carbocycles. The van der Waals surface area contributed by atoms with Gasteiger partial charge in [-0.3, -0.25) is 9.59 Å². The summed E-state index contributed by atoms with van der Waals surface area (Å²) in [6.45, 7) is 2.25. The third kappa shape index (κ3) is 4.32. The van der Waals surface area contributed by atoms with Crippen molar-refractivity contribution in [3.8, 4) is 0 Å². The fraction of sp³-hybridized carbons (Fsp3) is 0.818. The van der Waals surface area contributed by atoms with Gasteiger partial charge in [-0.05, 0) is 13.5 Å². The molecule has 1 fully saturated rings. The largest absolute Gasteiger partial charge is 0.383 e. The molecule has 0 spiro atoms. The van der Waals surface area contributed by atoms with Gasteiger partial charge >= 0.3 is 0 Å². The number of carbonyl (C=O) groups is 2. The lowest BCUT2D eigenvalue weighted by Gasteiger charge is -2.16. The van der Waals surface area contributed by atoms with Gasteiger partial charge in [0.25, 0.3) is 0 Å². The molecule has 1 aliphatic heterocycles. The summed E-state index contributed by atoms with van der Waals surface area (Å²) in [5.41, 5.74) is 0. The molecular formula is C11H21N3O3. The van der Waals surface area contributed by atoms with Crippen LogP contribution in [0.25, 0.3) is 0 Å². The highest BCUT2D eigenvalue weighted by Crippen LogP contribution is 2.10. The predicted octanol–water partition coefficient (Wildman–Crippen LogP) is -1.04. The molecule has 98 valence electrons. The highest BCUT2D eigenvalue weighted by atomic mass is 16.5. The molecule has 1 aliphatic rings. The zero-order chi connectivity index (χ0) is 12.7. The first-order valence-electron chi connectivity index (χ1n) is 5.90. The van der Waals surface area contributed by atoms with E-state index in [0.29, 0.717) is 26.1 Å². The van der Waals surface area contributed by atoms with Crippen molar-refractivity contribution in [1.82, 2.24) is 15.5 Å². The van der Waals surface area contributed by atoms with Crippen molar-refractivity contribution >= 4 is 11.8 Å². The van der Waals surface area contributed by atoms with Crippen LogP contribution in [0.2, 0.25) is 0 Å². The van der Waals surface area contributed by atoms with Gasteiger partial charge in [-0.2, -0.15) is 0 Å². The van der Waals surface area contributed by atoms with E-state index in [1.807, 2.05) is 0 Å². The standard InChI is InChI=1S/C11H21N3O3/c1-12-9-3-6-14(11(9)16)7-4-10(15)13-5-8-17-2/h9,12H,3-8H2,1-2H3,(H,13,15). The summed E-state index contributed by atoms with van der Waals surface area (Å²) in [6.07, 6.45) is 1.17. The molecule has 1 rings (SSSR count). The number of ether oxygens (including phenoxy) is 1. The van der Waals surface area contributed by atoms with Crippen LogP contribution in [0.15, 0.2) is 0 Å². The van der Waals surface area contributed by atoms with Crippen LogP contribution in [0.5, 0.6) is 0 Å². The van der Waals surface area contributed by atoms with Gasteiger partial charge in [0.2, 0.25) is 11.8 Å². The van der Waals surface area contributed by atoms with Crippen LogP contribution >= 0.6 is 0 Å². The molecule has 0 aliphatic carbocycles. The van der Waals surface area contributed by atoms with E-state index in [1.165, 1.54) is 0 Å². The quantitative estimate of drug-likeness (QED) is 0.560. The van der Waals surface area contributed by atoms with E-state index in [9.17, 15) is 9.59 Å². The monoisotopic (exact) mass is 243 g/mol. The van der Waals surface area contributed by atoms with Crippen LogP contribution in [0.3, 0.4) is 0 Å². The zero-order valence-corrected chi connectivity index (χ0v) is 10.5. The average Bonchev–Trinajstić information content (AvgIpc) is 2.68. The van der Waals surface area contributed by atoms with Gasteiger partial charge < -0.3 is 20.3 Å². The number of amides is 2. The SMILES string of the molecule is CNC1CCN(CCC(=O)NCCOC)C1=O. The van der Waals surface area contributed by atoms with Crippen LogP contribution in [-0.2, 0) is 14.3 Å². The molecule has 1 saturated heterocycles. The van der Waals surface area contributed by atoms with Crippen molar-refractivity contribution in [2.75, 3.05) is 40.4 Å². The van der Waals surface area contributed by atoms with E-state index in [1.54, 1.807) is 19.1 Å². The molecular weight excluding hydrogens is 222 g/mol. The predicted molar refractivity (Wildman–Crippen MR) is 63.5 cm³/mol. The third-order valence-electron chi connectivity index (χ3n) is 2.88. The van der Waals surface area contributed by atoms with Gasteiger partial charge in [0.15, 0.2) is 0 Å². The number of methoxy groups -OCH3 is 1. The lowest BCUT2D eigenvalue weighted by Crippen LogP contribution is -2.38. The molecule has 0 saturated carbocycles. The van der Waals surface area contributed by atoms with E-state index in [2.05, 4.69) is 10.6 Å². The van der Waals surface area contributed by atoms with Crippen LogP contribution in [0, 0.1) is 0 Å². The smallest absolute Gasteiger partial charge is 0.239 e. The number of carbonyl (C=O) groups excluding carboxylic acids is 2. The Balaban J connectivity index is 2.18. The number of hydrogen-bond donors (Lipinski definition) is 2. The van der Waals surface area contributed by atoms with Crippen LogP contribution < -0.4 is 10.6 Å². The maximum atomic E-state index is 11.7. The maximum absolute atomic E-state index is 11.7. The van der Waals surface area contributed by atoms with Crippen molar-refractivity contribution in [3.05, 3.63) is 0 Å². The summed E-state index contributed by atoms with van der Waals surface area (Å²) in [5, 5.41) is 5.69. The normalized spacial score (nSPS) is 19.8. The van der Waals surface area contributed by atoms with E-state index < -0.39 is 0 Å². The Bertz CT molecular complexity index is 271. The van der Waals surface area contributed by atoms with Gasteiger partial charge in [-0.15, -0.1) is 0 Å². The Morgan fingerprint density at radius 2 is 2.35 bits per heavy atom. The number of nitrogens with zero attached hydrogens (tertiary/aromatic N) is 1. The summed E-state index contributed by atoms with van der Waals surface area (Å²) < 4.78 is 4.83. The van der Waals surface area contributed by atoms with Crippen LogP contribution in [0.4, 0.5) is 0 Å². The third-order valence-corrected chi connectivity index (χ3v) is 2.88. The van der Waals surface area contributed by atoms with Crippen molar-refractivity contribution < 1.29 is 14.3 Å². The van der Waals surface area contributed by atoms with Crippen molar-refractivity contribution in [3.63, 3.8) is 0 Å². The number of likely N-dealkylation sites (tertiary alicyclic amines) is 1. The fourth-order valence-corrected chi connectivity index (χ4v) is 1.85. The molecule has 6 nitrogen and oxygen atoms in total. The van der Waals surface area contributed by atoms with E-state index >= 15 is 0 Å². The second-order valence-electron chi connectivity index (χ2n) is 4.05. The maximum Gasteiger partial charge on any atom is 0.239 e. The number of hydrogen-bond acceptors (Lipinski definition) is 4. The van der Waals surface area contributed by atoms with Gasteiger partial charge in [0.05, 0.1) is 12.6 Å². The van der Waals surface area contributed by atoms with Gasteiger partial charge in [-0.1, -0.05) is 0 Å². The average molecular weight is 243 g/mol. The second kappa shape index (κ2) is 7.24. The van der Waals surface area contributed by atoms with Gasteiger partial charge in [0, 0.05) is 33.2 Å². The van der Waals surface area contributed by atoms with Crippen LogP contribution in [0.1, 0.15) is 12.8 Å². The van der Waals surface area contributed by atoms with Gasteiger partial charge in [0.1, 0.15) is 0 Å². The summed E-state index contributed by atoms with van der Waals surface area (Å²) >= 11 is 0. The second-order valence-corrected chi connectivity index (χ2v) is 4.05. The number of likely N-dealkylation sites (N-methyl/N-ethyl adjacent to an activating group) is 1. The van der Waals surface area contributed by atoms with Gasteiger partial charge in [-0.25, -0.2) is 0 Å². The molecule has 6 heteroatoms. The summed E-state index contributed by atoms with van der Waals surface area (Å²) in [5.74, 6) is 0.0555. The minimum atomic E-state index is -0.0773. The van der Waals surface area contributed by atoms with Crippen molar-refractivity contribution in [2.45, 2.75) is 18.9 Å². The minimum absolute atomic E-state index is 0.0391. The highest BCUT2D eigenvalue weighted by Gasteiger charge is 2.29. The lowest BCUT2D eigenvalue weighted by molar-refractivity contribution is -0.130. The highest BCUT2D eigenvalue weighted by molar-refractivity contribution is 5.84. The first kappa shape index (κ1) is 13.9. The van der Waals surface area contributed by atoms with Crippen molar-refractivity contribution in [2.24, 2.45) is 0 Å². The van der Waals surface area contributed by atoms with E-state index in [-0.39, 0.29) is 17.9 Å². The molecule has 0 aromatic rings. The molecule has 1 atom stereocenters. The summed E-state index contributed by atoms with van der Waals surface area (Å²) in [6, 6.07) is -0.0773. The molecule has 2 N–H and O–H groups in total. The summed E-state index contributed by atoms with van der Waals surface area (Å²) in [7, 11) is 3.37.